The summed E-state index contributed by atoms with van der Waals surface area (Å²) in [5.41, 5.74) is 0. The lowest BCUT2D eigenvalue weighted by molar-refractivity contribution is -0.144. The SMILES string of the molecule is CCCC(CCC)CC(=O)OCC(Cl)(Cl)Cl. The molecule has 0 aliphatic rings. The molecule has 0 atom stereocenters. The molecule has 0 amide bonds. The minimum Gasteiger partial charge on any atom is -0.461 e. The standard InChI is InChI=1S/C11H19Cl3O2/c1-3-5-9(6-4-2)7-10(15)16-8-11(12,13)14/h9H,3-8H2,1-2H3. The molecular formula is C11H19Cl3O2. The maximum Gasteiger partial charge on any atom is 0.306 e. The predicted molar refractivity (Wildman–Crippen MR) is 69.2 cm³/mol. The molecule has 0 rings (SSSR count). The lowest BCUT2D eigenvalue weighted by atomic mass is 9.95. The highest BCUT2D eigenvalue weighted by Gasteiger charge is 2.23. The van der Waals surface area contributed by atoms with Crippen LogP contribution in [0.15, 0.2) is 0 Å². The number of ether oxygens (including phenoxy) is 1. The summed E-state index contributed by atoms with van der Waals surface area (Å²) in [5.74, 6) is 0.108. The van der Waals surface area contributed by atoms with Gasteiger partial charge in [-0.3, -0.25) is 4.79 Å². The molecule has 0 N–H and O–H groups in total. The van der Waals surface area contributed by atoms with Gasteiger partial charge in [0.15, 0.2) is 0 Å². The van der Waals surface area contributed by atoms with E-state index >= 15 is 0 Å². The van der Waals surface area contributed by atoms with Crippen LogP contribution in [0.3, 0.4) is 0 Å². The number of rotatable bonds is 7. The Bertz CT molecular complexity index is 196. The Labute approximate surface area is 113 Å². The van der Waals surface area contributed by atoms with Crippen LogP contribution >= 0.6 is 34.8 Å². The fourth-order valence-corrected chi connectivity index (χ4v) is 1.79. The molecule has 0 aromatic rings. The fraction of sp³-hybridized carbons (Fsp3) is 0.909. The second-order valence-electron chi connectivity index (χ2n) is 3.92. The van der Waals surface area contributed by atoms with Gasteiger partial charge in [-0.2, -0.15) is 0 Å². The zero-order valence-corrected chi connectivity index (χ0v) is 12.0. The van der Waals surface area contributed by atoms with E-state index in [2.05, 4.69) is 13.8 Å². The fourth-order valence-electron chi connectivity index (χ4n) is 1.62. The zero-order chi connectivity index (χ0) is 12.6. The van der Waals surface area contributed by atoms with Crippen LogP contribution in [-0.2, 0) is 9.53 Å². The van der Waals surface area contributed by atoms with E-state index < -0.39 is 3.79 Å². The van der Waals surface area contributed by atoms with Crippen molar-refractivity contribution in [2.45, 2.75) is 49.7 Å². The van der Waals surface area contributed by atoms with Crippen molar-refractivity contribution in [3.05, 3.63) is 0 Å². The minimum atomic E-state index is -1.51. The molecule has 0 heterocycles. The quantitative estimate of drug-likeness (QED) is 0.509. The second-order valence-corrected chi connectivity index (χ2v) is 6.44. The summed E-state index contributed by atoms with van der Waals surface area (Å²) in [4.78, 5) is 11.5. The Morgan fingerprint density at radius 1 is 1.19 bits per heavy atom. The summed E-state index contributed by atoms with van der Waals surface area (Å²) < 4.78 is 3.38. The summed E-state index contributed by atoms with van der Waals surface area (Å²) in [6, 6.07) is 0. The molecule has 0 spiro atoms. The molecule has 0 aliphatic carbocycles. The lowest BCUT2D eigenvalue weighted by Crippen LogP contribution is -2.19. The summed E-state index contributed by atoms with van der Waals surface area (Å²) in [6.07, 6.45) is 4.64. The van der Waals surface area contributed by atoms with Gasteiger partial charge in [0.1, 0.15) is 6.61 Å². The van der Waals surface area contributed by atoms with Gasteiger partial charge in [-0.05, 0) is 5.92 Å². The van der Waals surface area contributed by atoms with Crippen LogP contribution in [-0.4, -0.2) is 16.4 Å². The monoisotopic (exact) mass is 288 g/mol. The average molecular weight is 290 g/mol. The van der Waals surface area contributed by atoms with Crippen LogP contribution < -0.4 is 0 Å². The summed E-state index contributed by atoms with van der Waals surface area (Å²) in [5, 5.41) is 0. The summed E-state index contributed by atoms with van der Waals surface area (Å²) in [7, 11) is 0. The van der Waals surface area contributed by atoms with Crippen LogP contribution in [0.2, 0.25) is 0 Å². The largest absolute Gasteiger partial charge is 0.461 e. The van der Waals surface area contributed by atoms with Crippen molar-refractivity contribution in [2.24, 2.45) is 5.92 Å². The maximum atomic E-state index is 11.5. The molecule has 96 valence electrons. The molecular weight excluding hydrogens is 270 g/mol. The van der Waals surface area contributed by atoms with Crippen LogP contribution in [0.25, 0.3) is 0 Å². The van der Waals surface area contributed by atoms with E-state index in [-0.39, 0.29) is 12.6 Å². The predicted octanol–water partition coefficient (Wildman–Crippen LogP) is 4.51. The van der Waals surface area contributed by atoms with Crippen molar-refractivity contribution in [3.63, 3.8) is 0 Å². The summed E-state index contributed by atoms with van der Waals surface area (Å²) in [6.45, 7) is 4.03. The van der Waals surface area contributed by atoms with Gasteiger partial charge in [0, 0.05) is 6.42 Å². The highest BCUT2D eigenvalue weighted by molar-refractivity contribution is 6.67. The van der Waals surface area contributed by atoms with Gasteiger partial charge in [0.25, 0.3) is 0 Å². The van der Waals surface area contributed by atoms with Crippen molar-refractivity contribution in [1.82, 2.24) is 0 Å². The Hall–Kier alpha value is 0.340. The number of esters is 1. The van der Waals surface area contributed by atoms with E-state index in [1.165, 1.54) is 0 Å². The lowest BCUT2D eigenvalue weighted by Gasteiger charge is -2.16. The summed E-state index contributed by atoms with van der Waals surface area (Å²) >= 11 is 16.5. The first-order chi connectivity index (χ1) is 7.39. The molecule has 0 bridgehead atoms. The van der Waals surface area contributed by atoms with Gasteiger partial charge in [0.05, 0.1) is 0 Å². The molecule has 16 heavy (non-hydrogen) atoms. The van der Waals surface area contributed by atoms with Crippen molar-refractivity contribution in [3.8, 4) is 0 Å². The number of halogens is 3. The molecule has 0 aromatic heterocycles. The van der Waals surface area contributed by atoms with Gasteiger partial charge < -0.3 is 4.74 Å². The van der Waals surface area contributed by atoms with Crippen LogP contribution in [0.4, 0.5) is 0 Å². The Morgan fingerprint density at radius 3 is 2.06 bits per heavy atom. The van der Waals surface area contributed by atoms with Gasteiger partial charge in [-0.1, -0.05) is 74.3 Å². The highest BCUT2D eigenvalue weighted by Crippen LogP contribution is 2.26. The number of hydrogen-bond acceptors (Lipinski definition) is 2. The van der Waals surface area contributed by atoms with E-state index in [9.17, 15) is 4.79 Å². The first-order valence-corrected chi connectivity index (χ1v) is 6.74. The molecule has 0 unspecified atom stereocenters. The number of carbonyl (C=O) groups excluding carboxylic acids is 1. The minimum absolute atomic E-state index is 0.179. The topological polar surface area (TPSA) is 26.3 Å². The van der Waals surface area contributed by atoms with Crippen molar-refractivity contribution in [1.29, 1.82) is 0 Å². The third-order valence-electron chi connectivity index (χ3n) is 2.25. The highest BCUT2D eigenvalue weighted by atomic mass is 35.6. The third kappa shape index (κ3) is 9.56. The van der Waals surface area contributed by atoms with E-state index in [1.54, 1.807) is 0 Å². The molecule has 0 radical (unpaired) electrons. The van der Waals surface area contributed by atoms with Gasteiger partial charge in [-0.15, -0.1) is 0 Å². The van der Waals surface area contributed by atoms with E-state index in [4.69, 9.17) is 39.5 Å². The van der Waals surface area contributed by atoms with Gasteiger partial charge >= 0.3 is 5.97 Å². The smallest absolute Gasteiger partial charge is 0.306 e. The first-order valence-electron chi connectivity index (χ1n) is 5.61. The molecule has 0 saturated heterocycles. The van der Waals surface area contributed by atoms with E-state index in [0.717, 1.165) is 25.7 Å². The Morgan fingerprint density at radius 2 is 1.69 bits per heavy atom. The third-order valence-corrected chi connectivity index (χ3v) is 2.57. The molecule has 0 aromatic carbocycles. The van der Waals surface area contributed by atoms with Crippen molar-refractivity contribution < 1.29 is 9.53 Å². The second kappa shape index (κ2) is 8.43. The van der Waals surface area contributed by atoms with E-state index in [1.807, 2.05) is 0 Å². The average Bonchev–Trinajstić information content (AvgIpc) is 2.14. The number of hydrogen-bond donors (Lipinski definition) is 0. The molecule has 2 nitrogen and oxygen atoms in total. The molecule has 0 aliphatic heterocycles. The zero-order valence-electron chi connectivity index (χ0n) is 9.77. The number of carbonyl (C=O) groups is 1. The van der Waals surface area contributed by atoms with E-state index in [0.29, 0.717) is 12.3 Å². The van der Waals surface area contributed by atoms with Crippen molar-refractivity contribution in [2.75, 3.05) is 6.61 Å². The first kappa shape index (κ1) is 16.3. The normalized spacial score (nSPS) is 11.9. The van der Waals surface area contributed by atoms with Crippen LogP contribution in [0.5, 0.6) is 0 Å². The number of alkyl halides is 3. The van der Waals surface area contributed by atoms with Gasteiger partial charge in [0.2, 0.25) is 3.79 Å². The Balaban J connectivity index is 3.90. The van der Waals surface area contributed by atoms with Crippen LogP contribution in [0, 0.1) is 5.92 Å². The van der Waals surface area contributed by atoms with Gasteiger partial charge in [-0.25, -0.2) is 0 Å². The molecule has 0 fully saturated rings. The Kier molecular flexibility index (Phi) is 8.61. The maximum absolute atomic E-state index is 11.5. The van der Waals surface area contributed by atoms with Crippen molar-refractivity contribution >= 4 is 40.8 Å². The molecule has 0 saturated carbocycles. The molecule has 5 heteroatoms. The van der Waals surface area contributed by atoms with Crippen LogP contribution in [0.1, 0.15) is 46.0 Å².